The van der Waals surface area contributed by atoms with E-state index in [0.717, 1.165) is 0 Å². The SMILES string of the molecule is CC(C)(C)OC(=O)N1CCOC[C@H]1CC#N. The van der Waals surface area contributed by atoms with Crippen LogP contribution in [0.1, 0.15) is 27.2 Å². The lowest BCUT2D eigenvalue weighted by atomic mass is 10.2. The first-order valence-corrected chi connectivity index (χ1v) is 5.38. The molecule has 0 radical (unpaired) electrons. The normalized spacial score (nSPS) is 21.4. The average Bonchev–Trinajstić information content (AvgIpc) is 2.16. The number of rotatable bonds is 1. The number of nitrogens with zero attached hydrogens (tertiary/aromatic N) is 2. The molecule has 16 heavy (non-hydrogen) atoms. The zero-order valence-electron chi connectivity index (χ0n) is 10.0. The molecule has 1 aliphatic heterocycles. The van der Waals surface area contributed by atoms with Crippen LogP contribution < -0.4 is 0 Å². The second kappa shape index (κ2) is 5.17. The maximum absolute atomic E-state index is 11.8. The molecule has 0 aromatic heterocycles. The largest absolute Gasteiger partial charge is 0.444 e. The molecule has 1 heterocycles. The third-order valence-electron chi connectivity index (χ3n) is 2.18. The van der Waals surface area contributed by atoms with Crippen molar-refractivity contribution >= 4 is 6.09 Å². The first kappa shape index (κ1) is 12.8. The minimum Gasteiger partial charge on any atom is -0.444 e. The molecule has 0 unspecified atom stereocenters. The van der Waals surface area contributed by atoms with Gasteiger partial charge in [0, 0.05) is 6.54 Å². The highest BCUT2D eigenvalue weighted by Crippen LogP contribution is 2.15. The van der Waals surface area contributed by atoms with Crippen molar-refractivity contribution in [2.75, 3.05) is 19.8 Å². The minimum absolute atomic E-state index is 0.186. The highest BCUT2D eigenvalue weighted by Gasteiger charge is 2.30. The molecule has 1 fully saturated rings. The number of nitriles is 1. The van der Waals surface area contributed by atoms with Crippen molar-refractivity contribution in [1.82, 2.24) is 4.90 Å². The van der Waals surface area contributed by atoms with E-state index in [1.807, 2.05) is 20.8 Å². The van der Waals surface area contributed by atoms with Crippen molar-refractivity contribution in [2.45, 2.75) is 38.8 Å². The number of amides is 1. The standard InChI is InChI=1S/C11H18N2O3/c1-11(2,3)16-10(14)13-6-7-15-8-9(13)4-5-12/h9H,4,6-8H2,1-3H3/t9-/m1/s1. The predicted octanol–water partition coefficient (Wildman–Crippen LogP) is 1.54. The van der Waals surface area contributed by atoms with Crippen molar-refractivity contribution < 1.29 is 14.3 Å². The van der Waals surface area contributed by atoms with E-state index in [1.165, 1.54) is 0 Å². The van der Waals surface area contributed by atoms with E-state index >= 15 is 0 Å². The topological polar surface area (TPSA) is 62.6 Å². The predicted molar refractivity (Wildman–Crippen MR) is 57.8 cm³/mol. The fraction of sp³-hybridized carbons (Fsp3) is 0.818. The Morgan fingerprint density at radius 2 is 2.31 bits per heavy atom. The molecule has 1 amide bonds. The molecule has 1 rings (SSSR count). The van der Waals surface area contributed by atoms with Gasteiger partial charge in [-0.2, -0.15) is 5.26 Å². The van der Waals surface area contributed by atoms with Crippen LogP contribution in [0.15, 0.2) is 0 Å². The van der Waals surface area contributed by atoms with Crippen molar-refractivity contribution in [3.8, 4) is 6.07 Å². The highest BCUT2D eigenvalue weighted by atomic mass is 16.6. The number of carbonyl (C=O) groups excluding carboxylic acids is 1. The van der Waals surface area contributed by atoms with Crippen LogP contribution in [0.3, 0.4) is 0 Å². The highest BCUT2D eigenvalue weighted by molar-refractivity contribution is 5.68. The Kier molecular flexibility index (Phi) is 4.13. The van der Waals surface area contributed by atoms with E-state index in [9.17, 15) is 4.79 Å². The van der Waals surface area contributed by atoms with Crippen LogP contribution in [0.4, 0.5) is 4.79 Å². The summed E-state index contributed by atoms with van der Waals surface area (Å²) in [5.41, 5.74) is -0.507. The van der Waals surface area contributed by atoms with E-state index in [1.54, 1.807) is 4.90 Å². The molecule has 5 heteroatoms. The van der Waals surface area contributed by atoms with Gasteiger partial charge in [0.1, 0.15) is 5.60 Å². The Balaban J connectivity index is 2.61. The third kappa shape index (κ3) is 3.70. The van der Waals surface area contributed by atoms with Crippen LogP contribution in [0.5, 0.6) is 0 Å². The van der Waals surface area contributed by atoms with Gasteiger partial charge in [0.25, 0.3) is 0 Å². The lowest BCUT2D eigenvalue weighted by molar-refractivity contribution is -0.0310. The monoisotopic (exact) mass is 226 g/mol. The molecule has 5 nitrogen and oxygen atoms in total. The second-order valence-electron chi connectivity index (χ2n) is 4.76. The molecular weight excluding hydrogens is 208 g/mol. The fourth-order valence-electron chi connectivity index (χ4n) is 1.49. The van der Waals surface area contributed by atoms with Crippen molar-refractivity contribution in [1.29, 1.82) is 5.26 Å². The number of carbonyl (C=O) groups is 1. The summed E-state index contributed by atoms with van der Waals surface area (Å²) in [6.45, 7) is 6.87. The lowest BCUT2D eigenvalue weighted by Crippen LogP contribution is -2.50. The summed E-state index contributed by atoms with van der Waals surface area (Å²) < 4.78 is 10.5. The Morgan fingerprint density at radius 1 is 1.62 bits per heavy atom. The van der Waals surface area contributed by atoms with Gasteiger partial charge in [-0.1, -0.05) is 0 Å². The maximum Gasteiger partial charge on any atom is 0.410 e. The van der Waals surface area contributed by atoms with Crippen LogP contribution in [0.2, 0.25) is 0 Å². The molecule has 0 saturated carbocycles. The van der Waals surface area contributed by atoms with Crippen LogP contribution >= 0.6 is 0 Å². The van der Waals surface area contributed by atoms with Gasteiger partial charge in [-0.3, -0.25) is 4.90 Å². The number of morpholine rings is 1. The van der Waals surface area contributed by atoms with Gasteiger partial charge in [0.15, 0.2) is 0 Å². The molecule has 0 bridgehead atoms. The van der Waals surface area contributed by atoms with E-state index in [0.29, 0.717) is 19.8 Å². The Bertz CT molecular complexity index is 291. The van der Waals surface area contributed by atoms with Crippen LogP contribution in [-0.2, 0) is 9.47 Å². The first-order chi connectivity index (χ1) is 7.44. The molecule has 0 aliphatic carbocycles. The number of hydrogen-bond donors (Lipinski definition) is 0. The van der Waals surface area contributed by atoms with Crippen molar-refractivity contribution in [3.63, 3.8) is 0 Å². The zero-order valence-corrected chi connectivity index (χ0v) is 10.0. The zero-order chi connectivity index (χ0) is 12.2. The molecule has 1 atom stereocenters. The van der Waals surface area contributed by atoms with Gasteiger partial charge >= 0.3 is 6.09 Å². The first-order valence-electron chi connectivity index (χ1n) is 5.38. The van der Waals surface area contributed by atoms with Crippen LogP contribution in [-0.4, -0.2) is 42.4 Å². The molecule has 1 saturated heterocycles. The molecule has 0 aromatic rings. The van der Waals surface area contributed by atoms with E-state index in [4.69, 9.17) is 14.7 Å². The van der Waals surface area contributed by atoms with Gasteiger partial charge < -0.3 is 9.47 Å². The van der Waals surface area contributed by atoms with E-state index in [2.05, 4.69) is 6.07 Å². The summed E-state index contributed by atoms with van der Waals surface area (Å²) in [6, 6.07) is 1.87. The molecule has 0 aromatic carbocycles. The quantitative estimate of drug-likeness (QED) is 0.680. The average molecular weight is 226 g/mol. The Morgan fingerprint density at radius 3 is 2.88 bits per heavy atom. The van der Waals surface area contributed by atoms with Gasteiger partial charge in [0.2, 0.25) is 0 Å². The smallest absolute Gasteiger partial charge is 0.410 e. The fourth-order valence-corrected chi connectivity index (χ4v) is 1.49. The molecule has 90 valence electrons. The van der Waals surface area contributed by atoms with Crippen LogP contribution in [0, 0.1) is 11.3 Å². The maximum atomic E-state index is 11.8. The summed E-state index contributed by atoms with van der Waals surface area (Å²) in [4.78, 5) is 13.4. The van der Waals surface area contributed by atoms with E-state index in [-0.39, 0.29) is 18.6 Å². The summed E-state index contributed by atoms with van der Waals surface area (Å²) in [5, 5.41) is 8.67. The summed E-state index contributed by atoms with van der Waals surface area (Å²) in [6.07, 6.45) is -0.0877. The minimum atomic E-state index is -0.507. The Hall–Kier alpha value is -1.28. The van der Waals surface area contributed by atoms with Crippen LogP contribution in [0.25, 0.3) is 0 Å². The number of ether oxygens (including phenoxy) is 2. The van der Waals surface area contributed by atoms with E-state index < -0.39 is 5.60 Å². The number of hydrogen-bond acceptors (Lipinski definition) is 4. The van der Waals surface area contributed by atoms with Gasteiger partial charge in [0.05, 0.1) is 31.7 Å². The molecule has 0 spiro atoms. The molecule has 0 N–H and O–H groups in total. The second-order valence-corrected chi connectivity index (χ2v) is 4.76. The summed E-state index contributed by atoms with van der Waals surface area (Å²) in [5.74, 6) is 0. The van der Waals surface area contributed by atoms with Gasteiger partial charge in [-0.05, 0) is 20.8 Å². The van der Waals surface area contributed by atoms with Gasteiger partial charge in [-0.25, -0.2) is 4.79 Å². The van der Waals surface area contributed by atoms with Crippen molar-refractivity contribution in [2.24, 2.45) is 0 Å². The Labute approximate surface area is 95.9 Å². The summed E-state index contributed by atoms with van der Waals surface area (Å²) in [7, 11) is 0. The molecular formula is C11H18N2O3. The molecule has 1 aliphatic rings. The lowest BCUT2D eigenvalue weighted by Gasteiger charge is -2.35. The van der Waals surface area contributed by atoms with Crippen molar-refractivity contribution in [3.05, 3.63) is 0 Å². The van der Waals surface area contributed by atoms with Gasteiger partial charge in [-0.15, -0.1) is 0 Å². The third-order valence-corrected chi connectivity index (χ3v) is 2.18. The summed E-state index contributed by atoms with van der Waals surface area (Å²) >= 11 is 0.